The lowest BCUT2D eigenvalue weighted by Crippen LogP contribution is -2.42. The van der Waals surface area contributed by atoms with Crippen molar-refractivity contribution in [3.8, 4) is 5.88 Å². The second-order valence-electron chi connectivity index (χ2n) is 10.1. The topological polar surface area (TPSA) is 96.9 Å². The van der Waals surface area contributed by atoms with Gasteiger partial charge in [-0.15, -0.1) is 0 Å². The Morgan fingerprint density at radius 3 is 2.46 bits per heavy atom. The first-order valence-corrected chi connectivity index (χ1v) is 14.5. The summed E-state index contributed by atoms with van der Waals surface area (Å²) in [6.07, 6.45) is 0.0364. The first-order valence-electron chi connectivity index (χ1n) is 13.0. The number of benzene rings is 1. The zero-order valence-electron chi connectivity index (χ0n) is 21.7. The van der Waals surface area contributed by atoms with E-state index < -0.39 is 33.7 Å². The molecule has 1 aromatic heterocycles. The van der Waals surface area contributed by atoms with Crippen molar-refractivity contribution in [3.63, 3.8) is 0 Å². The maximum Gasteiger partial charge on any atom is 0.423 e. The van der Waals surface area contributed by atoms with Crippen LogP contribution in [0.4, 0.5) is 19.1 Å². The minimum absolute atomic E-state index is 0.0111. The molecule has 13 heteroatoms. The largest absolute Gasteiger partial charge is 0.471 e. The summed E-state index contributed by atoms with van der Waals surface area (Å²) in [6.45, 7) is 3.00. The maximum absolute atomic E-state index is 13.5. The molecular weight excluding hydrogens is 535 g/mol. The Balaban J connectivity index is 1.21. The van der Waals surface area contributed by atoms with Crippen molar-refractivity contribution in [3.05, 3.63) is 47.7 Å². The summed E-state index contributed by atoms with van der Waals surface area (Å²) in [7, 11) is -1.60. The predicted octanol–water partition coefficient (Wildman–Crippen LogP) is 3.65. The van der Waals surface area contributed by atoms with Crippen LogP contribution in [-0.2, 0) is 20.9 Å². The molecule has 1 atom stereocenters. The summed E-state index contributed by atoms with van der Waals surface area (Å²) < 4.78 is 79.0. The van der Waals surface area contributed by atoms with Gasteiger partial charge in [-0.3, -0.25) is 0 Å². The Morgan fingerprint density at radius 1 is 1.10 bits per heavy atom. The fourth-order valence-corrected chi connectivity index (χ4v) is 6.40. The molecule has 212 valence electrons. The Labute approximate surface area is 226 Å². The Kier molecular flexibility index (Phi) is 8.13. The van der Waals surface area contributed by atoms with Gasteiger partial charge in [0.1, 0.15) is 11.7 Å². The number of aromatic nitrogens is 2. The molecule has 0 amide bonds. The number of sulfonamides is 1. The molecule has 5 rings (SSSR count). The molecule has 0 radical (unpaired) electrons. The molecule has 39 heavy (non-hydrogen) atoms. The molecule has 3 aliphatic rings. The van der Waals surface area contributed by atoms with Crippen molar-refractivity contribution < 1.29 is 31.1 Å². The van der Waals surface area contributed by atoms with Gasteiger partial charge in [0, 0.05) is 44.8 Å². The molecule has 0 spiro atoms. The van der Waals surface area contributed by atoms with E-state index in [1.165, 1.54) is 9.88 Å². The minimum Gasteiger partial charge on any atom is -0.471 e. The molecule has 2 saturated heterocycles. The van der Waals surface area contributed by atoms with Crippen LogP contribution in [0.15, 0.2) is 41.4 Å². The number of alkyl halides is 3. The highest BCUT2D eigenvalue weighted by molar-refractivity contribution is 7.89. The van der Waals surface area contributed by atoms with Crippen molar-refractivity contribution >= 4 is 21.5 Å². The minimum atomic E-state index is -4.66. The summed E-state index contributed by atoms with van der Waals surface area (Å²) in [5, 5.41) is 3.05. The summed E-state index contributed by atoms with van der Waals surface area (Å²) in [4.78, 5) is 10.3. The standard InChI is InChI=1S/C26H32F3N5O4S/c1-33-11-6-19(7-12-33)18-2-4-22(5-3-18)39(35,36)34-13-8-20(9-14-34)31-25-30-16-23(26(27,28)29)24(32-25)38-21-10-15-37-17-21/h2-6,16,20-21H,7-15,17H2,1H3,(H,30,31,32)/t21-/m0/s1. The molecule has 9 nitrogen and oxygen atoms in total. The summed E-state index contributed by atoms with van der Waals surface area (Å²) in [5.41, 5.74) is 1.21. The van der Waals surface area contributed by atoms with Crippen molar-refractivity contribution in [2.45, 2.75) is 48.9 Å². The highest BCUT2D eigenvalue weighted by Gasteiger charge is 2.38. The quantitative estimate of drug-likeness (QED) is 0.542. The molecule has 0 saturated carbocycles. The molecule has 2 fully saturated rings. The number of hydrogen-bond donors (Lipinski definition) is 1. The van der Waals surface area contributed by atoms with Gasteiger partial charge >= 0.3 is 6.18 Å². The van der Waals surface area contributed by atoms with Gasteiger partial charge in [-0.2, -0.15) is 22.5 Å². The zero-order valence-corrected chi connectivity index (χ0v) is 22.5. The number of likely N-dealkylation sites (N-methyl/N-ethyl adjacent to an activating group) is 1. The first-order chi connectivity index (χ1) is 18.6. The predicted molar refractivity (Wildman–Crippen MR) is 139 cm³/mol. The van der Waals surface area contributed by atoms with E-state index in [4.69, 9.17) is 9.47 Å². The third kappa shape index (κ3) is 6.53. The van der Waals surface area contributed by atoms with Gasteiger partial charge in [-0.1, -0.05) is 18.2 Å². The smallest absolute Gasteiger partial charge is 0.423 e. The summed E-state index contributed by atoms with van der Waals surface area (Å²) in [5.74, 6) is -0.521. The second-order valence-corrected chi connectivity index (χ2v) is 12.0. The average molecular weight is 568 g/mol. The van der Waals surface area contributed by atoms with Crippen LogP contribution >= 0.6 is 0 Å². The van der Waals surface area contributed by atoms with E-state index in [0.717, 1.165) is 25.1 Å². The van der Waals surface area contributed by atoms with Crippen LogP contribution in [0.3, 0.4) is 0 Å². The number of nitrogens with zero attached hydrogens (tertiary/aromatic N) is 4. The van der Waals surface area contributed by atoms with E-state index in [0.29, 0.717) is 32.1 Å². The van der Waals surface area contributed by atoms with Gasteiger partial charge in [0.15, 0.2) is 0 Å². The lowest BCUT2D eigenvalue weighted by molar-refractivity contribution is -0.139. The van der Waals surface area contributed by atoms with Gasteiger partial charge in [-0.05, 0) is 49.6 Å². The summed E-state index contributed by atoms with van der Waals surface area (Å²) in [6, 6.07) is 6.83. The van der Waals surface area contributed by atoms with Crippen LogP contribution in [-0.4, -0.2) is 86.2 Å². The first kappa shape index (κ1) is 27.8. The molecule has 0 bridgehead atoms. The molecular formula is C26H32F3N5O4S. The number of hydrogen-bond acceptors (Lipinski definition) is 8. The van der Waals surface area contributed by atoms with Crippen LogP contribution in [0, 0.1) is 0 Å². The normalized spacial score (nSPS) is 22.1. The third-order valence-electron chi connectivity index (χ3n) is 7.29. The molecule has 0 unspecified atom stereocenters. The number of piperidine rings is 1. The molecule has 0 aliphatic carbocycles. The Hall–Kier alpha value is -2.74. The Morgan fingerprint density at radius 2 is 1.85 bits per heavy atom. The molecule has 3 aliphatic heterocycles. The van der Waals surface area contributed by atoms with Crippen LogP contribution in [0.25, 0.3) is 5.57 Å². The van der Waals surface area contributed by atoms with Gasteiger partial charge in [-0.25, -0.2) is 13.4 Å². The molecule has 2 aromatic rings. The highest BCUT2D eigenvalue weighted by Crippen LogP contribution is 2.36. The molecule has 1 N–H and O–H groups in total. The third-order valence-corrected chi connectivity index (χ3v) is 9.20. The van der Waals surface area contributed by atoms with Gasteiger partial charge < -0.3 is 19.7 Å². The van der Waals surface area contributed by atoms with Crippen molar-refractivity contribution in [2.24, 2.45) is 0 Å². The molecule has 1 aromatic carbocycles. The van der Waals surface area contributed by atoms with Crippen LogP contribution in [0.5, 0.6) is 5.88 Å². The average Bonchev–Trinajstić information content (AvgIpc) is 3.42. The van der Waals surface area contributed by atoms with E-state index in [1.807, 2.05) is 12.1 Å². The fraction of sp³-hybridized carbons (Fsp3) is 0.538. The number of ether oxygens (including phenoxy) is 2. The van der Waals surface area contributed by atoms with E-state index >= 15 is 0 Å². The van der Waals surface area contributed by atoms with Crippen LogP contribution in [0.1, 0.15) is 36.8 Å². The monoisotopic (exact) mass is 567 g/mol. The van der Waals surface area contributed by atoms with E-state index in [-0.39, 0.29) is 36.6 Å². The SMILES string of the molecule is CN1CC=C(c2ccc(S(=O)(=O)N3CCC(Nc4ncc(C(F)(F)F)c(O[C@H]5CCOC5)n4)CC3)cc2)CC1. The van der Waals surface area contributed by atoms with Gasteiger partial charge in [0.25, 0.3) is 0 Å². The Bertz CT molecular complexity index is 1290. The number of halogens is 3. The van der Waals surface area contributed by atoms with Crippen molar-refractivity contribution in [1.29, 1.82) is 0 Å². The zero-order chi connectivity index (χ0) is 27.6. The van der Waals surface area contributed by atoms with Gasteiger partial charge in [0.05, 0.1) is 18.1 Å². The number of nitrogens with one attached hydrogen (secondary N) is 1. The lowest BCUT2D eigenvalue weighted by Gasteiger charge is -2.31. The number of rotatable bonds is 7. The van der Waals surface area contributed by atoms with Crippen LogP contribution < -0.4 is 10.1 Å². The molecule has 4 heterocycles. The second kappa shape index (κ2) is 11.4. The number of anilines is 1. The van der Waals surface area contributed by atoms with Crippen molar-refractivity contribution in [1.82, 2.24) is 19.2 Å². The van der Waals surface area contributed by atoms with E-state index in [2.05, 4.69) is 33.3 Å². The van der Waals surface area contributed by atoms with E-state index in [9.17, 15) is 21.6 Å². The van der Waals surface area contributed by atoms with Crippen molar-refractivity contribution in [2.75, 3.05) is 51.8 Å². The van der Waals surface area contributed by atoms with Gasteiger partial charge in [0.2, 0.25) is 21.9 Å². The highest BCUT2D eigenvalue weighted by atomic mass is 32.2. The fourth-order valence-electron chi connectivity index (χ4n) is 4.93. The summed E-state index contributed by atoms with van der Waals surface area (Å²) >= 11 is 0. The van der Waals surface area contributed by atoms with E-state index in [1.54, 1.807) is 12.1 Å². The van der Waals surface area contributed by atoms with Crippen LogP contribution in [0.2, 0.25) is 0 Å². The maximum atomic E-state index is 13.5. The lowest BCUT2D eigenvalue weighted by atomic mass is 10.00.